The molecule has 1 aliphatic rings. The first kappa shape index (κ1) is 49.1. The maximum Gasteiger partial charge on any atom is 0.414 e. The lowest BCUT2D eigenvalue weighted by molar-refractivity contribution is -0.148. The van der Waals surface area contributed by atoms with Gasteiger partial charge in [-0.3, -0.25) is 15.0 Å². The summed E-state index contributed by atoms with van der Waals surface area (Å²) < 4.78 is 5.55. The van der Waals surface area contributed by atoms with Crippen molar-refractivity contribution in [3.8, 4) is 0 Å². The van der Waals surface area contributed by atoms with E-state index in [1.54, 1.807) is 0 Å². The van der Waals surface area contributed by atoms with E-state index in [-0.39, 0.29) is 23.7 Å². The Morgan fingerprint density at radius 2 is 1.17 bits per heavy atom. The van der Waals surface area contributed by atoms with E-state index < -0.39 is 12.1 Å². The molecule has 6 N–H and O–H groups in total. The van der Waals surface area contributed by atoms with E-state index in [2.05, 4.69) is 24.5 Å². The van der Waals surface area contributed by atoms with Gasteiger partial charge in [0.15, 0.2) is 5.96 Å². The zero-order valence-electron chi connectivity index (χ0n) is 33.4. The second-order valence-electron chi connectivity index (χ2n) is 14.6. The van der Waals surface area contributed by atoms with Gasteiger partial charge in [-0.2, -0.15) is 0 Å². The number of likely N-dealkylation sites (tertiary alicyclic amines) is 1. The molecule has 0 unspecified atom stereocenters. The van der Waals surface area contributed by atoms with Crippen LogP contribution < -0.4 is 16.4 Å². The Morgan fingerprint density at radius 1 is 0.731 bits per heavy atom. The number of rotatable bonds is 33. The highest BCUT2D eigenvalue weighted by Crippen LogP contribution is 2.15. The number of hydrogen-bond acceptors (Lipinski definition) is 6. The minimum absolute atomic E-state index is 0.0740. The highest BCUT2D eigenvalue weighted by atomic mass is 16.5. The number of guanidine groups is 1. The van der Waals surface area contributed by atoms with Crippen molar-refractivity contribution in [1.82, 2.24) is 15.5 Å². The number of unbranched alkanes of at least 4 members (excludes halogenated alkanes) is 23. The number of carboxylic acid groups (broad SMARTS) is 1. The number of hydrogen-bond donors (Lipinski definition) is 5. The number of carbonyl (C=O) groups excluding carboxylic acids is 3. The fourth-order valence-electron chi connectivity index (χ4n) is 6.41. The minimum atomic E-state index is -1.13. The Kier molecular flexibility index (Phi) is 34.5. The molecule has 0 bridgehead atoms. The minimum Gasteiger partial charge on any atom is -0.465 e. The molecule has 11 nitrogen and oxygen atoms in total. The van der Waals surface area contributed by atoms with Gasteiger partial charge in [0.25, 0.3) is 0 Å². The molecular formula is C41H79N5O6. The van der Waals surface area contributed by atoms with Gasteiger partial charge in [-0.15, -0.1) is 0 Å². The van der Waals surface area contributed by atoms with Crippen molar-refractivity contribution in [1.29, 1.82) is 5.41 Å². The van der Waals surface area contributed by atoms with Crippen molar-refractivity contribution in [3.05, 3.63) is 0 Å². The van der Waals surface area contributed by atoms with Gasteiger partial charge in [0.05, 0.1) is 6.61 Å². The number of carbonyl (C=O) groups is 4. The van der Waals surface area contributed by atoms with Crippen LogP contribution in [-0.4, -0.2) is 65.6 Å². The van der Waals surface area contributed by atoms with E-state index >= 15 is 0 Å². The molecular weight excluding hydrogens is 658 g/mol. The maximum absolute atomic E-state index is 12.8. The number of nitrogens with one attached hydrogen (secondary N) is 3. The number of amides is 3. The summed E-state index contributed by atoms with van der Waals surface area (Å²) in [4.78, 5) is 46.9. The summed E-state index contributed by atoms with van der Waals surface area (Å²) in [6.45, 7) is 5.79. The standard InChI is InChI=1S/C36H72N4O3.C5H7NO3/c1-3-5-7-9-11-13-15-16-17-18-19-20-22-24-26-30-34(41)40-33(29-28-31-39-36(37)38)35(42)43-32-27-25-23-21-14-12-10-8-6-4-2;7-4-2-1-3-6(4)5(8)9/h33H,3-32H2,1-2H3,(H,40,41)(H4,37,38,39);1-3H2,(H,8,9)/t33-;/m1./s1. The molecule has 0 aromatic carbocycles. The maximum atomic E-state index is 12.8. The number of nitrogens with zero attached hydrogens (tertiary/aromatic N) is 1. The van der Waals surface area contributed by atoms with Gasteiger partial charge in [0, 0.05) is 25.9 Å². The summed E-state index contributed by atoms with van der Waals surface area (Å²) in [6, 6.07) is -0.638. The predicted octanol–water partition coefficient (Wildman–Crippen LogP) is 9.75. The summed E-state index contributed by atoms with van der Waals surface area (Å²) in [5.74, 6) is -0.779. The summed E-state index contributed by atoms with van der Waals surface area (Å²) in [7, 11) is 0. The van der Waals surface area contributed by atoms with Gasteiger partial charge >= 0.3 is 12.1 Å². The first-order chi connectivity index (χ1) is 25.2. The number of imide groups is 1. The van der Waals surface area contributed by atoms with Crippen LogP contribution in [0.1, 0.15) is 206 Å². The highest BCUT2D eigenvalue weighted by Gasteiger charge is 2.25. The van der Waals surface area contributed by atoms with Crippen LogP contribution in [0.4, 0.5) is 4.79 Å². The third kappa shape index (κ3) is 31.9. The number of nitrogens with two attached hydrogens (primary N) is 1. The average molecular weight is 738 g/mol. The number of esters is 1. The first-order valence-electron chi connectivity index (χ1n) is 21.3. The molecule has 0 radical (unpaired) electrons. The van der Waals surface area contributed by atoms with Crippen molar-refractivity contribution in [3.63, 3.8) is 0 Å². The molecule has 0 aromatic heterocycles. The second-order valence-corrected chi connectivity index (χ2v) is 14.6. The fraction of sp³-hybridized carbons (Fsp3) is 0.878. The average Bonchev–Trinajstić information content (AvgIpc) is 3.56. The van der Waals surface area contributed by atoms with E-state index in [1.807, 2.05) is 0 Å². The third-order valence-electron chi connectivity index (χ3n) is 9.66. The zero-order chi connectivity index (χ0) is 38.5. The summed E-state index contributed by atoms with van der Waals surface area (Å²) in [6.07, 6.45) is 33.2. The van der Waals surface area contributed by atoms with Gasteiger partial charge in [0.1, 0.15) is 6.04 Å². The molecule has 3 amide bonds. The van der Waals surface area contributed by atoms with Crippen LogP contribution in [0.5, 0.6) is 0 Å². The molecule has 0 saturated carbocycles. The first-order valence-corrected chi connectivity index (χ1v) is 21.3. The van der Waals surface area contributed by atoms with E-state index in [0.29, 0.717) is 51.8 Å². The molecule has 0 aromatic rings. The molecule has 0 aliphatic carbocycles. The molecule has 1 fully saturated rings. The quantitative estimate of drug-likeness (QED) is 0.0191. The fourth-order valence-corrected chi connectivity index (χ4v) is 6.41. The van der Waals surface area contributed by atoms with Gasteiger partial charge in [-0.1, -0.05) is 162 Å². The van der Waals surface area contributed by atoms with E-state index in [0.717, 1.165) is 30.6 Å². The van der Waals surface area contributed by atoms with Crippen LogP contribution in [0.2, 0.25) is 0 Å². The van der Waals surface area contributed by atoms with Crippen LogP contribution in [0, 0.1) is 5.41 Å². The molecule has 1 heterocycles. The van der Waals surface area contributed by atoms with Gasteiger partial charge in [0.2, 0.25) is 11.8 Å². The lowest BCUT2D eigenvalue weighted by Crippen LogP contribution is -2.42. The second kappa shape index (κ2) is 36.5. The Bertz CT molecular complexity index is 918. The Morgan fingerprint density at radius 3 is 1.56 bits per heavy atom. The van der Waals surface area contributed by atoms with Crippen molar-refractivity contribution in [2.45, 2.75) is 213 Å². The lowest BCUT2D eigenvalue weighted by atomic mass is 10.0. The van der Waals surface area contributed by atoms with Crippen LogP contribution in [0.3, 0.4) is 0 Å². The molecule has 1 rings (SSSR count). The number of ether oxygens (including phenoxy) is 1. The molecule has 0 spiro atoms. The van der Waals surface area contributed by atoms with E-state index in [4.69, 9.17) is 21.0 Å². The normalized spacial score (nSPS) is 13.0. The Labute approximate surface area is 317 Å². The molecule has 1 saturated heterocycles. The molecule has 52 heavy (non-hydrogen) atoms. The Hall–Kier alpha value is -2.85. The van der Waals surface area contributed by atoms with E-state index in [9.17, 15) is 19.2 Å². The van der Waals surface area contributed by atoms with Crippen molar-refractivity contribution in [2.24, 2.45) is 5.73 Å². The summed E-state index contributed by atoms with van der Waals surface area (Å²) in [5, 5.41) is 21.3. The highest BCUT2D eigenvalue weighted by molar-refractivity contribution is 5.92. The van der Waals surface area contributed by atoms with Gasteiger partial charge < -0.3 is 26.2 Å². The van der Waals surface area contributed by atoms with Crippen LogP contribution in [-0.2, 0) is 19.1 Å². The molecule has 304 valence electrons. The largest absolute Gasteiger partial charge is 0.465 e. The zero-order valence-corrected chi connectivity index (χ0v) is 33.4. The van der Waals surface area contributed by atoms with E-state index in [1.165, 1.54) is 135 Å². The van der Waals surface area contributed by atoms with Crippen molar-refractivity contribution in [2.75, 3.05) is 19.7 Å². The SMILES string of the molecule is CCCCCCCCCCCCCCCCCC(=O)N[C@H](CCCNC(=N)N)C(=O)OCCCCCCCCCCCC.O=C(O)N1CCCC1=O. The summed E-state index contributed by atoms with van der Waals surface area (Å²) >= 11 is 0. The molecule has 11 heteroatoms. The van der Waals surface area contributed by atoms with Crippen LogP contribution in [0.25, 0.3) is 0 Å². The van der Waals surface area contributed by atoms with Crippen LogP contribution in [0.15, 0.2) is 0 Å². The van der Waals surface area contributed by atoms with Crippen LogP contribution >= 0.6 is 0 Å². The topological polar surface area (TPSA) is 175 Å². The van der Waals surface area contributed by atoms with Gasteiger partial charge in [-0.05, 0) is 32.1 Å². The predicted molar refractivity (Wildman–Crippen MR) is 212 cm³/mol. The van der Waals surface area contributed by atoms with Crippen molar-refractivity contribution >= 4 is 29.8 Å². The monoisotopic (exact) mass is 738 g/mol. The smallest absolute Gasteiger partial charge is 0.414 e. The van der Waals surface area contributed by atoms with Crippen molar-refractivity contribution < 1.29 is 29.0 Å². The summed E-state index contributed by atoms with van der Waals surface area (Å²) in [5.41, 5.74) is 5.36. The third-order valence-corrected chi connectivity index (χ3v) is 9.66. The van der Waals surface area contributed by atoms with Gasteiger partial charge in [-0.25, -0.2) is 14.5 Å². The molecule has 1 aliphatic heterocycles. The lowest BCUT2D eigenvalue weighted by Gasteiger charge is -2.18. The molecule has 1 atom stereocenters. The Balaban J connectivity index is 0.00000249.